The molecule has 2 heterocycles. The molecule has 1 aliphatic heterocycles. The van der Waals surface area contributed by atoms with Crippen molar-refractivity contribution < 1.29 is 0 Å². The number of nitrogens with zero attached hydrogens (tertiary/aromatic N) is 1. The summed E-state index contributed by atoms with van der Waals surface area (Å²) in [6.45, 7) is 1.12. The zero-order valence-corrected chi connectivity index (χ0v) is 11.7. The first-order valence-electron chi connectivity index (χ1n) is 6.85. The molecule has 1 aromatic heterocycles. The van der Waals surface area contributed by atoms with Crippen LogP contribution in [0.3, 0.4) is 0 Å². The van der Waals surface area contributed by atoms with E-state index in [-0.39, 0.29) is 0 Å². The van der Waals surface area contributed by atoms with Crippen molar-refractivity contribution in [2.75, 3.05) is 6.54 Å². The third kappa shape index (κ3) is 3.17. The lowest BCUT2D eigenvalue weighted by Crippen LogP contribution is -2.27. The maximum atomic E-state index is 4.57. The molecule has 0 spiro atoms. The summed E-state index contributed by atoms with van der Waals surface area (Å²) in [6.07, 6.45) is 5.70. The second kappa shape index (κ2) is 6.22. The Morgan fingerprint density at radius 1 is 1.05 bits per heavy atom. The molecule has 2 aromatic rings. The maximum absolute atomic E-state index is 4.57. The minimum atomic E-state index is 0.466. The Kier molecular flexibility index (Phi) is 4.16. The molecule has 0 aliphatic carbocycles. The van der Waals surface area contributed by atoms with Crippen LogP contribution < -0.4 is 5.32 Å². The number of hydrogen-bond donors (Lipinski definition) is 1. The summed E-state index contributed by atoms with van der Waals surface area (Å²) in [5.74, 6) is 0. The van der Waals surface area contributed by atoms with Crippen molar-refractivity contribution in [1.82, 2.24) is 10.3 Å². The second-order valence-corrected chi connectivity index (χ2v) is 5.88. The van der Waals surface area contributed by atoms with Crippen LogP contribution in [0.25, 0.3) is 0 Å². The number of rotatable bonds is 3. The van der Waals surface area contributed by atoms with Crippen molar-refractivity contribution in [2.24, 2.45) is 0 Å². The normalized spacial score (nSPS) is 19.3. The molecule has 1 N–H and O–H groups in total. The largest absolute Gasteiger partial charge is 0.310 e. The summed E-state index contributed by atoms with van der Waals surface area (Å²) in [4.78, 5) is 5.82. The van der Waals surface area contributed by atoms with Gasteiger partial charge >= 0.3 is 0 Å². The van der Waals surface area contributed by atoms with E-state index in [0.717, 1.165) is 11.6 Å². The summed E-state index contributed by atoms with van der Waals surface area (Å²) in [7, 11) is 0. The van der Waals surface area contributed by atoms with Crippen LogP contribution in [-0.4, -0.2) is 11.5 Å². The molecule has 1 aliphatic rings. The number of pyridine rings is 1. The predicted octanol–water partition coefficient (Wildman–Crippen LogP) is 4.05. The number of nitrogens with one attached hydrogen (secondary N) is 1. The quantitative estimate of drug-likeness (QED) is 0.911. The van der Waals surface area contributed by atoms with Gasteiger partial charge in [0.25, 0.3) is 0 Å². The first-order valence-corrected chi connectivity index (χ1v) is 7.66. The fraction of sp³-hybridized carbons (Fsp3) is 0.312. The molecule has 3 heteroatoms. The van der Waals surface area contributed by atoms with Gasteiger partial charge in [-0.05, 0) is 37.6 Å². The average Bonchev–Trinajstić information content (AvgIpc) is 2.50. The predicted molar refractivity (Wildman–Crippen MR) is 79.4 cm³/mol. The van der Waals surface area contributed by atoms with Crippen LogP contribution in [0.15, 0.2) is 58.6 Å². The Hall–Kier alpha value is -1.32. The average molecular weight is 270 g/mol. The SMILES string of the molecule is c1ccc(Sc2ncccc2[C@@H]2CCCCN2)cc1. The van der Waals surface area contributed by atoms with E-state index >= 15 is 0 Å². The van der Waals surface area contributed by atoms with Crippen LogP contribution in [0, 0.1) is 0 Å². The topological polar surface area (TPSA) is 24.9 Å². The Morgan fingerprint density at radius 3 is 2.74 bits per heavy atom. The molecule has 98 valence electrons. The molecule has 0 saturated carbocycles. The monoisotopic (exact) mass is 270 g/mol. The molecule has 19 heavy (non-hydrogen) atoms. The van der Waals surface area contributed by atoms with Gasteiger partial charge in [0.15, 0.2) is 0 Å². The summed E-state index contributed by atoms with van der Waals surface area (Å²) >= 11 is 1.76. The van der Waals surface area contributed by atoms with Gasteiger partial charge in [-0.2, -0.15) is 0 Å². The van der Waals surface area contributed by atoms with E-state index in [1.54, 1.807) is 11.8 Å². The molecule has 0 unspecified atom stereocenters. The molecule has 0 radical (unpaired) electrons. The first kappa shape index (κ1) is 12.7. The van der Waals surface area contributed by atoms with Crippen LogP contribution >= 0.6 is 11.8 Å². The molecular weight excluding hydrogens is 252 g/mol. The van der Waals surface area contributed by atoms with E-state index in [2.05, 4.69) is 40.6 Å². The van der Waals surface area contributed by atoms with E-state index in [1.807, 2.05) is 18.3 Å². The lowest BCUT2D eigenvalue weighted by atomic mass is 9.99. The fourth-order valence-corrected chi connectivity index (χ4v) is 3.43. The summed E-state index contributed by atoms with van der Waals surface area (Å²) in [5, 5.41) is 4.74. The van der Waals surface area contributed by atoms with Gasteiger partial charge in [-0.25, -0.2) is 4.98 Å². The molecular formula is C16H18N2S. The van der Waals surface area contributed by atoms with E-state index in [0.29, 0.717) is 6.04 Å². The number of benzene rings is 1. The fourth-order valence-electron chi connectivity index (χ4n) is 2.47. The number of hydrogen-bond acceptors (Lipinski definition) is 3. The molecule has 1 fully saturated rings. The standard InChI is InChI=1S/C16H18N2S/c1-2-7-13(8-3-1)19-16-14(9-6-12-18-16)15-10-4-5-11-17-15/h1-3,6-9,12,15,17H,4-5,10-11H2/t15-/m0/s1. The zero-order chi connectivity index (χ0) is 12.9. The van der Waals surface area contributed by atoms with Crippen molar-refractivity contribution in [3.05, 3.63) is 54.2 Å². The van der Waals surface area contributed by atoms with Crippen LogP contribution in [-0.2, 0) is 0 Å². The summed E-state index contributed by atoms with van der Waals surface area (Å²) in [5.41, 5.74) is 1.34. The van der Waals surface area contributed by atoms with E-state index in [4.69, 9.17) is 0 Å². The van der Waals surface area contributed by atoms with E-state index in [9.17, 15) is 0 Å². The highest BCUT2D eigenvalue weighted by atomic mass is 32.2. The third-order valence-corrected chi connectivity index (χ3v) is 4.49. The minimum Gasteiger partial charge on any atom is -0.310 e. The molecule has 2 nitrogen and oxygen atoms in total. The Balaban J connectivity index is 1.84. The smallest absolute Gasteiger partial charge is 0.105 e. The maximum Gasteiger partial charge on any atom is 0.105 e. The van der Waals surface area contributed by atoms with Crippen molar-refractivity contribution in [2.45, 2.75) is 35.2 Å². The number of piperidine rings is 1. The molecule has 0 bridgehead atoms. The molecule has 3 rings (SSSR count). The van der Waals surface area contributed by atoms with Crippen LogP contribution in [0.1, 0.15) is 30.9 Å². The van der Waals surface area contributed by atoms with Crippen LogP contribution in [0.5, 0.6) is 0 Å². The molecule has 1 atom stereocenters. The molecule has 1 saturated heterocycles. The van der Waals surface area contributed by atoms with Gasteiger partial charge < -0.3 is 5.32 Å². The van der Waals surface area contributed by atoms with Crippen molar-refractivity contribution in [1.29, 1.82) is 0 Å². The second-order valence-electron chi connectivity index (χ2n) is 4.82. The Morgan fingerprint density at radius 2 is 1.95 bits per heavy atom. The Labute approximate surface area is 118 Å². The van der Waals surface area contributed by atoms with Crippen LogP contribution in [0.2, 0.25) is 0 Å². The third-order valence-electron chi connectivity index (χ3n) is 3.44. The van der Waals surface area contributed by atoms with Gasteiger partial charge in [0.05, 0.1) is 0 Å². The highest BCUT2D eigenvalue weighted by Crippen LogP contribution is 2.33. The van der Waals surface area contributed by atoms with E-state index < -0.39 is 0 Å². The zero-order valence-electron chi connectivity index (χ0n) is 10.9. The lowest BCUT2D eigenvalue weighted by molar-refractivity contribution is 0.406. The van der Waals surface area contributed by atoms with E-state index in [1.165, 1.54) is 29.7 Å². The van der Waals surface area contributed by atoms with Crippen LogP contribution in [0.4, 0.5) is 0 Å². The van der Waals surface area contributed by atoms with Gasteiger partial charge in [-0.15, -0.1) is 0 Å². The lowest BCUT2D eigenvalue weighted by Gasteiger charge is -2.25. The van der Waals surface area contributed by atoms with Gasteiger partial charge in [0.1, 0.15) is 5.03 Å². The summed E-state index contributed by atoms with van der Waals surface area (Å²) < 4.78 is 0. The minimum absolute atomic E-state index is 0.466. The van der Waals surface area contributed by atoms with Gasteiger partial charge in [0.2, 0.25) is 0 Å². The van der Waals surface area contributed by atoms with Crippen molar-refractivity contribution in [3.63, 3.8) is 0 Å². The molecule has 1 aromatic carbocycles. The van der Waals surface area contributed by atoms with Gasteiger partial charge in [0, 0.05) is 22.7 Å². The van der Waals surface area contributed by atoms with Crippen molar-refractivity contribution in [3.8, 4) is 0 Å². The summed E-state index contributed by atoms with van der Waals surface area (Å²) in [6, 6.07) is 15.2. The Bertz CT molecular complexity index is 521. The van der Waals surface area contributed by atoms with Gasteiger partial charge in [-0.3, -0.25) is 0 Å². The highest BCUT2D eigenvalue weighted by molar-refractivity contribution is 7.99. The van der Waals surface area contributed by atoms with Crippen molar-refractivity contribution >= 4 is 11.8 Å². The highest BCUT2D eigenvalue weighted by Gasteiger charge is 2.18. The first-order chi connectivity index (χ1) is 9.43. The number of aromatic nitrogens is 1. The van der Waals surface area contributed by atoms with Gasteiger partial charge in [-0.1, -0.05) is 42.4 Å². The molecule has 0 amide bonds.